The molecule has 0 bridgehead atoms. The van der Waals surface area contributed by atoms with Crippen molar-refractivity contribution in [2.75, 3.05) is 6.54 Å². The zero-order valence-corrected chi connectivity index (χ0v) is 16.0. The minimum atomic E-state index is -0.890. The average molecular weight is 381 g/mol. The average Bonchev–Trinajstić information content (AvgIpc) is 3.09. The first kappa shape index (κ1) is 20.7. The highest BCUT2D eigenvalue weighted by atomic mass is 16.2. The van der Waals surface area contributed by atoms with E-state index in [0.717, 1.165) is 0 Å². The van der Waals surface area contributed by atoms with Crippen molar-refractivity contribution in [1.29, 1.82) is 0 Å². The van der Waals surface area contributed by atoms with E-state index in [1.54, 1.807) is 0 Å². The number of nitrogens with zero attached hydrogens (tertiary/aromatic N) is 1. The molecule has 0 aromatic rings. The molecule has 2 fully saturated rings. The number of rotatable bonds is 0. The zero-order valence-electron chi connectivity index (χ0n) is 16.0. The molecule has 0 radical (unpaired) electrons. The molecule has 0 spiro atoms. The van der Waals surface area contributed by atoms with Gasteiger partial charge in [0.05, 0.1) is 0 Å². The minimum absolute atomic E-state index is 0.375. The summed E-state index contributed by atoms with van der Waals surface area (Å²) in [5.74, 6) is -2.39. The Labute approximate surface area is 157 Å². The van der Waals surface area contributed by atoms with Crippen LogP contribution in [0.3, 0.4) is 0 Å². The maximum absolute atomic E-state index is 12.7. The Morgan fingerprint density at radius 1 is 0.667 bits per heavy atom. The van der Waals surface area contributed by atoms with Crippen LogP contribution >= 0.6 is 0 Å². The highest BCUT2D eigenvalue weighted by molar-refractivity contribution is 5.97. The summed E-state index contributed by atoms with van der Waals surface area (Å²) in [5.41, 5.74) is 0. The molecule has 0 unspecified atom stereocenters. The zero-order chi connectivity index (χ0) is 20.3. The fraction of sp³-hybridized carbons (Fsp3) is 0.706. The van der Waals surface area contributed by atoms with Crippen LogP contribution in [0.2, 0.25) is 0 Å². The van der Waals surface area contributed by atoms with Crippen LogP contribution in [0.15, 0.2) is 0 Å². The van der Waals surface area contributed by atoms with Crippen LogP contribution in [-0.2, 0) is 24.0 Å². The van der Waals surface area contributed by atoms with Crippen molar-refractivity contribution in [1.82, 2.24) is 26.2 Å². The van der Waals surface area contributed by atoms with E-state index in [4.69, 9.17) is 0 Å². The molecule has 150 valence electrons. The molecule has 2 rings (SSSR count). The van der Waals surface area contributed by atoms with Crippen LogP contribution in [0.4, 0.5) is 0 Å². The SMILES string of the molecule is C[C@@H]1NC(=O)[C@@H](C)NC(=O)[C@@H]2CCCN2C(=O)[C@@H](C)NC(=O)[C@@H](C)NC1=O. The van der Waals surface area contributed by atoms with Gasteiger partial charge in [-0.05, 0) is 40.5 Å². The van der Waals surface area contributed by atoms with E-state index in [1.807, 2.05) is 0 Å². The topological polar surface area (TPSA) is 137 Å². The van der Waals surface area contributed by atoms with E-state index >= 15 is 0 Å². The smallest absolute Gasteiger partial charge is 0.245 e. The van der Waals surface area contributed by atoms with E-state index in [-0.39, 0.29) is 5.91 Å². The first-order valence-electron chi connectivity index (χ1n) is 9.13. The van der Waals surface area contributed by atoms with Gasteiger partial charge in [-0.1, -0.05) is 0 Å². The summed E-state index contributed by atoms with van der Waals surface area (Å²) < 4.78 is 0. The first-order chi connectivity index (χ1) is 12.6. The number of nitrogens with one attached hydrogen (secondary N) is 4. The molecular weight excluding hydrogens is 354 g/mol. The van der Waals surface area contributed by atoms with Crippen molar-refractivity contribution < 1.29 is 24.0 Å². The predicted octanol–water partition coefficient (Wildman–Crippen LogP) is -1.99. The van der Waals surface area contributed by atoms with Gasteiger partial charge in [0.25, 0.3) is 0 Å². The standard InChI is InChI=1S/C17H27N5O5/c1-8-13(23)19-9(2)15(25)21-11(4)17(27)22-7-5-6-12(22)16(26)20-10(3)14(24)18-8/h8-12H,5-7H2,1-4H3,(H,18,24)(H,19,23)(H,20,26)(H,21,25)/t8-,9+,10+,11+,12-/m0/s1. The largest absolute Gasteiger partial charge is 0.343 e. The van der Waals surface area contributed by atoms with E-state index in [1.165, 1.54) is 32.6 Å². The second-order valence-electron chi connectivity index (χ2n) is 7.11. The second-order valence-corrected chi connectivity index (χ2v) is 7.11. The minimum Gasteiger partial charge on any atom is -0.343 e. The Morgan fingerprint density at radius 3 is 1.56 bits per heavy atom. The molecule has 0 aliphatic carbocycles. The van der Waals surface area contributed by atoms with Crippen LogP contribution in [0, 0.1) is 0 Å². The van der Waals surface area contributed by atoms with Gasteiger partial charge in [-0.25, -0.2) is 0 Å². The Kier molecular flexibility index (Phi) is 6.40. The van der Waals surface area contributed by atoms with Crippen molar-refractivity contribution in [2.24, 2.45) is 0 Å². The second kappa shape index (κ2) is 8.36. The van der Waals surface area contributed by atoms with Crippen LogP contribution < -0.4 is 21.3 Å². The molecule has 27 heavy (non-hydrogen) atoms. The summed E-state index contributed by atoms with van der Waals surface area (Å²) in [6, 6.07) is -4.18. The Bertz CT molecular complexity index is 652. The number of fused-ring (bicyclic) bond motifs is 1. The van der Waals surface area contributed by atoms with Gasteiger partial charge in [0.1, 0.15) is 30.2 Å². The lowest BCUT2D eigenvalue weighted by Gasteiger charge is -2.28. The highest BCUT2D eigenvalue weighted by Crippen LogP contribution is 2.19. The van der Waals surface area contributed by atoms with Crippen molar-refractivity contribution >= 4 is 29.5 Å². The van der Waals surface area contributed by atoms with E-state index in [0.29, 0.717) is 19.4 Å². The van der Waals surface area contributed by atoms with Gasteiger partial charge in [-0.2, -0.15) is 0 Å². The maximum Gasteiger partial charge on any atom is 0.245 e. The van der Waals surface area contributed by atoms with Crippen molar-refractivity contribution in [2.45, 2.75) is 70.7 Å². The predicted molar refractivity (Wildman–Crippen MR) is 95.2 cm³/mol. The Morgan fingerprint density at radius 2 is 1.07 bits per heavy atom. The maximum atomic E-state index is 12.7. The Balaban J connectivity index is 2.27. The third-order valence-electron chi connectivity index (χ3n) is 4.82. The number of amides is 5. The lowest BCUT2D eigenvalue weighted by Crippen LogP contribution is -2.55. The van der Waals surface area contributed by atoms with Crippen molar-refractivity contribution in [3.05, 3.63) is 0 Å². The summed E-state index contributed by atoms with van der Waals surface area (Å²) in [5, 5.41) is 10.2. The van der Waals surface area contributed by atoms with E-state index < -0.39 is 53.8 Å². The first-order valence-corrected chi connectivity index (χ1v) is 9.13. The van der Waals surface area contributed by atoms with Gasteiger partial charge >= 0.3 is 0 Å². The quantitative estimate of drug-likeness (QED) is 0.385. The summed E-state index contributed by atoms with van der Waals surface area (Å²) in [6.07, 6.45) is 1.15. The van der Waals surface area contributed by atoms with Gasteiger partial charge < -0.3 is 26.2 Å². The van der Waals surface area contributed by atoms with Crippen LogP contribution in [0.1, 0.15) is 40.5 Å². The lowest BCUT2D eigenvalue weighted by molar-refractivity contribution is -0.141. The molecule has 0 saturated carbocycles. The van der Waals surface area contributed by atoms with Crippen molar-refractivity contribution in [3.8, 4) is 0 Å². The number of hydrogen-bond acceptors (Lipinski definition) is 5. The number of carbonyl (C=O) groups is 5. The molecule has 2 heterocycles. The van der Waals surface area contributed by atoms with Gasteiger partial charge in [0.2, 0.25) is 29.5 Å². The van der Waals surface area contributed by atoms with E-state index in [9.17, 15) is 24.0 Å². The molecule has 5 amide bonds. The third kappa shape index (κ3) is 4.75. The molecule has 4 N–H and O–H groups in total. The molecule has 2 saturated heterocycles. The monoisotopic (exact) mass is 381 g/mol. The van der Waals surface area contributed by atoms with Gasteiger partial charge in [0, 0.05) is 6.54 Å². The molecule has 2 aliphatic rings. The van der Waals surface area contributed by atoms with Gasteiger partial charge in [-0.3, -0.25) is 24.0 Å². The molecular formula is C17H27N5O5. The summed E-state index contributed by atoms with van der Waals surface area (Å²) in [7, 11) is 0. The number of hydrogen-bond donors (Lipinski definition) is 4. The summed E-state index contributed by atoms with van der Waals surface area (Å²) in [6.45, 7) is 6.42. The van der Waals surface area contributed by atoms with Gasteiger partial charge in [-0.15, -0.1) is 0 Å². The molecule has 0 aromatic carbocycles. The fourth-order valence-electron chi connectivity index (χ4n) is 3.13. The highest BCUT2D eigenvalue weighted by Gasteiger charge is 2.38. The van der Waals surface area contributed by atoms with Crippen molar-refractivity contribution in [3.63, 3.8) is 0 Å². The molecule has 10 heteroatoms. The van der Waals surface area contributed by atoms with E-state index in [2.05, 4.69) is 21.3 Å². The Hall–Kier alpha value is -2.65. The summed E-state index contributed by atoms with van der Waals surface area (Å²) >= 11 is 0. The van der Waals surface area contributed by atoms with Crippen LogP contribution in [0.5, 0.6) is 0 Å². The summed E-state index contributed by atoms with van der Waals surface area (Å²) in [4.78, 5) is 63.3. The van der Waals surface area contributed by atoms with Gasteiger partial charge in [0.15, 0.2) is 0 Å². The normalized spacial score (nSPS) is 33.9. The fourth-order valence-corrected chi connectivity index (χ4v) is 3.13. The molecule has 2 aliphatic heterocycles. The van der Waals surface area contributed by atoms with Crippen LogP contribution in [-0.4, -0.2) is 71.2 Å². The molecule has 10 nitrogen and oxygen atoms in total. The third-order valence-corrected chi connectivity index (χ3v) is 4.82. The van der Waals surface area contributed by atoms with Crippen LogP contribution in [0.25, 0.3) is 0 Å². The molecule has 5 atom stereocenters. The number of carbonyl (C=O) groups excluding carboxylic acids is 5. The molecule has 0 aromatic heterocycles. The lowest BCUT2D eigenvalue weighted by atomic mass is 10.1.